The van der Waals surface area contributed by atoms with E-state index in [1.54, 1.807) is 30.3 Å². The average Bonchev–Trinajstić information content (AvgIpc) is 3.18. The normalized spacial score (nSPS) is 17.0. The minimum absolute atomic E-state index is 0.185. The fourth-order valence-corrected chi connectivity index (χ4v) is 3.93. The van der Waals surface area contributed by atoms with Crippen molar-refractivity contribution in [1.82, 2.24) is 0 Å². The first-order valence-electron chi connectivity index (χ1n) is 11.0. The molecular formula is C28H22O7. The highest BCUT2D eigenvalue weighted by Gasteiger charge is 2.29. The Bertz CT molecular complexity index is 1400. The summed E-state index contributed by atoms with van der Waals surface area (Å²) >= 11 is 0. The number of benzene rings is 3. The first-order chi connectivity index (χ1) is 17.0. The summed E-state index contributed by atoms with van der Waals surface area (Å²) in [7, 11) is 3.00. The number of carbonyl (C=O) groups is 2. The van der Waals surface area contributed by atoms with Gasteiger partial charge < -0.3 is 23.7 Å². The third-order valence-corrected chi connectivity index (χ3v) is 5.78. The fraction of sp³-hybridized carbons (Fsp3) is 0.143. The van der Waals surface area contributed by atoms with Crippen LogP contribution < -0.4 is 23.7 Å². The first-order valence-corrected chi connectivity index (χ1v) is 11.0. The SMILES string of the molecule is COc1ccc(C(=O)Oc2ccc3c(c2)OC(=CC2=Cc4ccccc4OC2C)C3=O)cc1OC. The van der Waals surface area contributed by atoms with Crippen molar-refractivity contribution in [2.75, 3.05) is 14.2 Å². The summed E-state index contributed by atoms with van der Waals surface area (Å²) in [5.74, 6) is 1.65. The van der Waals surface area contributed by atoms with E-state index in [9.17, 15) is 9.59 Å². The molecule has 0 saturated heterocycles. The third-order valence-electron chi connectivity index (χ3n) is 5.78. The molecule has 3 aromatic rings. The van der Waals surface area contributed by atoms with Crippen LogP contribution in [0.2, 0.25) is 0 Å². The molecule has 1 atom stereocenters. The molecule has 0 spiro atoms. The molecule has 0 bridgehead atoms. The summed E-state index contributed by atoms with van der Waals surface area (Å²) < 4.78 is 27.7. The second-order valence-corrected chi connectivity index (χ2v) is 8.00. The Balaban J connectivity index is 1.36. The lowest BCUT2D eigenvalue weighted by atomic mass is 10.0. The molecule has 0 aromatic heterocycles. The van der Waals surface area contributed by atoms with Crippen molar-refractivity contribution in [3.63, 3.8) is 0 Å². The van der Waals surface area contributed by atoms with Crippen LogP contribution in [0.15, 0.2) is 78.1 Å². The topological polar surface area (TPSA) is 80.3 Å². The van der Waals surface area contributed by atoms with E-state index in [1.807, 2.05) is 37.3 Å². The molecule has 0 N–H and O–H groups in total. The Labute approximate surface area is 202 Å². The van der Waals surface area contributed by atoms with Crippen molar-refractivity contribution in [2.24, 2.45) is 0 Å². The highest BCUT2D eigenvalue weighted by atomic mass is 16.5. The molecule has 2 aliphatic heterocycles. The Hall–Kier alpha value is -4.52. The number of fused-ring (bicyclic) bond motifs is 2. The van der Waals surface area contributed by atoms with Crippen LogP contribution >= 0.6 is 0 Å². The summed E-state index contributed by atoms with van der Waals surface area (Å²) in [6, 6.07) is 17.1. The maximum absolute atomic E-state index is 12.9. The number of ketones is 1. The number of allylic oxidation sites excluding steroid dienone is 1. The Morgan fingerprint density at radius 1 is 0.943 bits per heavy atom. The van der Waals surface area contributed by atoms with Crippen molar-refractivity contribution in [3.05, 3.63) is 94.8 Å². The second-order valence-electron chi connectivity index (χ2n) is 8.00. The van der Waals surface area contributed by atoms with Crippen LogP contribution in [-0.2, 0) is 0 Å². The zero-order valence-corrected chi connectivity index (χ0v) is 19.4. The molecule has 3 aromatic carbocycles. The molecule has 0 saturated carbocycles. The molecule has 7 heteroatoms. The quantitative estimate of drug-likeness (QED) is 0.286. The van der Waals surface area contributed by atoms with E-state index >= 15 is 0 Å². The molecule has 176 valence electrons. The lowest BCUT2D eigenvalue weighted by molar-refractivity contribution is 0.0734. The van der Waals surface area contributed by atoms with Crippen LogP contribution in [0, 0.1) is 0 Å². The lowest BCUT2D eigenvalue weighted by Crippen LogP contribution is -2.18. The summed E-state index contributed by atoms with van der Waals surface area (Å²) in [5, 5.41) is 0. The predicted molar refractivity (Wildman–Crippen MR) is 128 cm³/mol. The summed E-state index contributed by atoms with van der Waals surface area (Å²) in [6.07, 6.45) is 3.43. The number of hydrogen-bond donors (Lipinski definition) is 0. The largest absolute Gasteiger partial charge is 0.493 e. The summed E-state index contributed by atoms with van der Waals surface area (Å²) in [6.45, 7) is 1.91. The zero-order valence-electron chi connectivity index (χ0n) is 19.4. The minimum Gasteiger partial charge on any atom is -0.493 e. The van der Waals surface area contributed by atoms with Gasteiger partial charge in [-0.15, -0.1) is 0 Å². The van der Waals surface area contributed by atoms with E-state index in [-0.39, 0.29) is 23.4 Å². The molecule has 5 rings (SSSR count). The number of rotatable bonds is 5. The summed E-state index contributed by atoms with van der Waals surface area (Å²) in [4.78, 5) is 25.6. The molecule has 7 nitrogen and oxygen atoms in total. The number of Topliss-reactive ketones (excluding diaryl/α,β-unsaturated/α-hetero) is 1. The maximum Gasteiger partial charge on any atom is 0.343 e. The number of para-hydroxylation sites is 1. The smallest absolute Gasteiger partial charge is 0.343 e. The van der Waals surface area contributed by atoms with Crippen LogP contribution in [0.1, 0.15) is 33.2 Å². The van der Waals surface area contributed by atoms with Gasteiger partial charge in [-0.25, -0.2) is 4.79 Å². The fourth-order valence-electron chi connectivity index (χ4n) is 3.93. The number of carbonyl (C=O) groups excluding carboxylic acids is 2. The number of methoxy groups -OCH3 is 2. The average molecular weight is 470 g/mol. The van der Waals surface area contributed by atoms with Crippen molar-refractivity contribution >= 4 is 17.8 Å². The van der Waals surface area contributed by atoms with Gasteiger partial charge >= 0.3 is 5.97 Å². The van der Waals surface area contributed by atoms with Crippen molar-refractivity contribution < 1.29 is 33.3 Å². The van der Waals surface area contributed by atoms with Gasteiger partial charge in [0.1, 0.15) is 23.4 Å². The van der Waals surface area contributed by atoms with Crippen molar-refractivity contribution in [1.29, 1.82) is 0 Å². The van der Waals surface area contributed by atoms with Crippen LogP contribution in [0.5, 0.6) is 28.7 Å². The van der Waals surface area contributed by atoms with Gasteiger partial charge in [0.15, 0.2) is 17.3 Å². The second kappa shape index (κ2) is 9.02. The van der Waals surface area contributed by atoms with Gasteiger partial charge in [0.2, 0.25) is 5.78 Å². The maximum atomic E-state index is 12.9. The molecule has 0 radical (unpaired) electrons. The van der Waals surface area contributed by atoms with Crippen molar-refractivity contribution in [2.45, 2.75) is 13.0 Å². The minimum atomic E-state index is -0.581. The number of esters is 1. The monoisotopic (exact) mass is 470 g/mol. The number of ether oxygens (including phenoxy) is 5. The first kappa shape index (κ1) is 22.3. The van der Waals surface area contributed by atoms with Crippen LogP contribution in [-0.4, -0.2) is 32.1 Å². The lowest BCUT2D eigenvalue weighted by Gasteiger charge is -2.22. The van der Waals surface area contributed by atoms with Gasteiger partial charge in [-0.05, 0) is 61.0 Å². The van der Waals surface area contributed by atoms with Gasteiger partial charge in [0.05, 0.1) is 25.3 Å². The Morgan fingerprint density at radius 2 is 1.74 bits per heavy atom. The molecule has 0 amide bonds. The molecule has 0 fully saturated rings. The zero-order chi connectivity index (χ0) is 24.5. The van der Waals surface area contributed by atoms with Gasteiger partial charge in [-0.2, -0.15) is 0 Å². The molecule has 2 heterocycles. The Morgan fingerprint density at radius 3 is 2.54 bits per heavy atom. The van der Waals surface area contributed by atoms with E-state index in [2.05, 4.69) is 0 Å². The van der Waals surface area contributed by atoms with Crippen molar-refractivity contribution in [3.8, 4) is 28.7 Å². The molecule has 0 aliphatic carbocycles. The summed E-state index contributed by atoms with van der Waals surface area (Å²) in [5.41, 5.74) is 2.44. The van der Waals surface area contributed by atoms with E-state index < -0.39 is 5.97 Å². The predicted octanol–water partition coefficient (Wildman–Crippen LogP) is 5.25. The van der Waals surface area contributed by atoms with Gasteiger partial charge in [0, 0.05) is 11.6 Å². The van der Waals surface area contributed by atoms with Crippen LogP contribution in [0.4, 0.5) is 0 Å². The standard InChI is InChI=1S/C28H22O7/c1-16-19(12-17-6-4-5-7-22(17)33-16)14-26-27(29)21-10-9-20(15-24(21)35-26)34-28(30)18-8-11-23(31-2)25(13-18)32-3/h4-16H,1-3H3. The number of hydrogen-bond acceptors (Lipinski definition) is 7. The van der Waals surface area contributed by atoms with E-state index in [4.69, 9.17) is 23.7 Å². The van der Waals surface area contributed by atoms with E-state index in [1.165, 1.54) is 26.4 Å². The van der Waals surface area contributed by atoms with E-state index in [0.29, 0.717) is 28.4 Å². The van der Waals surface area contributed by atoms with Gasteiger partial charge in [0.25, 0.3) is 0 Å². The molecule has 2 aliphatic rings. The van der Waals surface area contributed by atoms with E-state index in [0.717, 1.165) is 16.9 Å². The third kappa shape index (κ3) is 4.24. The molecular weight excluding hydrogens is 448 g/mol. The molecule has 1 unspecified atom stereocenters. The highest BCUT2D eigenvalue weighted by Crippen LogP contribution is 2.37. The van der Waals surface area contributed by atoms with Crippen LogP contribution in [0.3, 0.4) is 0 Å². The van der Waals surface area contributed by atoms with Gasteiger partial charge in [-0.3, -0.25) is 4.79 Å². The Kier molecular flexibility index (Phi) is 5.74. The van der Waals surface area contributed by atoms with Crippen LogP contribution in [0.25, 0.3) is 6.08 Å². The van der Waals surface area contributed by atoms with Gasteiger partial charge in [-0.1, -0.05) is 18.2 Å². The molecule has 35 heavy (non-hydrogen) atoms. The highest BCUT2D eigenvalue weighted by molar-refractivity contribution is 6.12.